The molecule has 0 saturated carbocycles. The number of nitrogen functional groups attached to an aromatic ring is 1. The van der Waals surface area contributed by atoms with Crippen molar-refractivity contribution in [2.75, 3.05) is 61.8 Å². The quantitative estimate of drug-likeness (QED) is 0.0570. The lowest BCUT2D eigenvalue weighted by Crippen LogP contribution is -2.48. The number of phenolic OH excluding ortho intramolecular Hbond substituents is 1. The number of piperidine rings is 2. The highest BCUT2D eigenvalue weighted by molar-refractivity contribution is 7.13. The third-order valence-electron chi connectivity index (χ3n) is 13.9. The number of amides is 2. The van der Waals surface area contributed by atoms with Crippen LogP contribution in [0.25, 0.3) is 22.2 Å². The summed E-state index contributed by atoms with van der Waals surface area (Å²) in [6, 6.07) is 15.8. The standard InChI is InChI=1S/C51H69N11O6S/c1-30(2)45(50(66)61-27-37(63)23-41(61)49(65)56-31(3)34-11-13-35(14-12-34)47-32(4)55-29-69-47)43-25-44(58-68-43)60-21-15-33(16-22-60)26-59-19-17-36(18-20-59)62-40(24-39(52)38-9-7-8-10-42(38)64)46(53)48(57-62)54-28-51(5,6)67/h7-14,24-25,29-31,33,36-37,41,45,63-64,67H,15-23,26-28,52-53H2,1-6H3,(H,54,57)(H,56,65)/b39-24-/t31-,37+,41-,45?/m0/s1. The van der Waals surface area contributed by atoms with Gasteiger partial charge in [-0.15, -0.1) is 11.3 Å². The predicted molar refractivity (Wildman–Crippen MR) is 270 cm³/mol. The minimum absolute atomic E-state index is 0.0678. The number of nitrogens with zero attached hydrogens (tertiary/aromatic N) is 7. The van der Waals surface area contributed by atoms with E-state index in [2.05, 4.69) is 30.6 Å². The Labute approximate surface area is 408 Å². The number of aromatic nitrogens is 4. The van der Waals surface area contributed by atoms with Crippen LogP contribution in [0.5, 0.6) is 5.75 Å². The predicted octanol–water partition coefficient (Wildman–Crippen LogP) is 6.36. The second-order valence-electron chi connectivity index (χ2n) is 20.2. The molecular formula is C51H69N11O6S. The third-order valence-corrected chi connectivity index (χ3v) is 14.9. The minimum Gasteiger partial charge on any atom is -0.507 e. The van der Waals surface area contributed by atoms with Crippen molar-refractivity contribution in [3.8, 4) is 16.2 Å². The molecule has 17 nitrogen and oxygen atoms in total. The molecule has 3 aliphatic rings. The summed E-state index contributed by atoms with van der Waals surface area (Å²) in [5.41, 5.74) is 19.0. The van der Waals surface area contributed by atoms with Gasteiger partial charge in [-0.05, 0) is 94.5 Å². The molecule has 3 aromatic heterocycles. The van der Waals surface area contributed by atoms with Gasteiger partial charge in [0.05, 0.1) is 45.6 Å². The summed E-state index contributed by atoms with van der Waals surface area (Å²) in [6.45, 7) is 16.0. The largest absolute Gasteiger partial charge is 0.507 e. The average molecular weight is 964 g/mol. The number of carbonyl (C=O) groups is 2. The molecule has 0 spiro atoms. The van der Waals surface area contributed by atoms with E-state index in [1.807, 2.05) is 74.3 Å². The first-order valence-electron chi connectivity index (χ1n) is 24.3. The summed E-state index contributed by atoms with van der Waals surface area (Å²) in [5, 5.41) is 47.3. The topological polar surface area (TPSA) is 237 Å². The van der Waals surface area contributed by atoms with E-state index in [1.165, 1.54) is 4.90 Å². The fourth-order valence-electron chi connectivity index (χ4n) is 10.0. The summed E-state index contributed by atoms with van der Waals surface area (Å²) in [7, 11) is 0. The molecule has 69 heavy (non-hydrogen) atoms. The number of aliphatic hydroxyl groups excluding tert-OH is 1. The number of hydrogen-bond acceptors (Lipinski definition) is 15. The van der Waals surface area contributed by atoms with E-state index in [0.717, 1.165) is 80.1 Å². The van der Waals surface area contributed by atoms with Crippen molar-refractivity contribution < 1.29 is 29.4 Å². The van der Waals surface area contributed by atoms with Gasteiger partial charge in [0.15, 0.2) is 17.4 Å². The number of phenols is 1. The zero-order chi connectivity index (χ0) is 49.1. The molecule has 0 bridgehead atoms. The van der Waals surface area contributed by atoms with Gasteiger partial charge in [0.25, 0.3) is 0 Å². The lowest BCUT2D eigenvalue weighted by atomic mass is 9.91. The monoisotopic (exact) mass is 964 g/mol. The summed E-state index contributed by atoms with van der Waals surface area (Å²) < 4.78 is 7.89. The Balaban J connectivity index is 0.851. The molecule has 5 aromatic rings. The van der Waals surface area contributed by atoms with Crippen molar-refractivity contribution in [3.63, 3.8) is 0 Å². The fourth-order valence-corrected chi connectivity index (χ4v) is 10.8. The Morgan fingerprint density at radius 1 is 1.03 bits per heavy atom. The first-order chi connectivity index (χ1) is 32.9. The molecule has 0 aliphatic carbocycles. The second-order valence-corrected chi connectivity index (χ2v) is 21.0. The van der Waals surface area contributed by atoms with Crippen LogP contribution in [0.4, 0.5) is 17.3 Å². The zero-order valence-corrected chi connectivity index (χ0v) is 41.5. The number of para-hydroxylation sites is 1. The van der Waals surface area contributed by atoms with Gasteiger partial charge >= 0.3 is 0 Å². The lowest BCUT2D eigenvalue weighted by molar-refractivity contribution is -0.141. The van der Waals surface area contributed by atoms with Gasteiger partial charge in [-0.1, -0.05) is 55.4 Å². The maximum absolute atomic E-state index is 14.4. The molecule has 6 heterocycles. The Morgan fingerprint density at radius 2 is 1.74 bits per heavy atom. The van der Waals surface area contributed by atoms with Crippen LogP contribution in [0.15, 0.2) is 64.6 Å². The second kappa shape index (κ2) is 21.0. The Morgan fingerprint density at radius 3 is 2.39 bits per heavy atom. The number of thiazole rings is 1. The lowest BCUT2D eigenvalue weighted by Gasteiger charge is -2.37. The van der Waals surface area contributed by atoms with Crippen LogP contribution >= 0.6 is 11.3 Å². The average Bonchev–Trinajstić information content (AvgIpc) is 4.13. The van der Waals surface area contributed by atoms with Crippen LogP contribution in [0.3, 0.4) is 0 Å². The number of anilines is 3. The minimum atomic E-state index is -0.971. The van der Waals surface area contributed by atoms with Crippen molar-refractivity contribution in [2.24, 2.45) is 17.6 Å². The van der Waals surface area contributed by atoms with E-state index in [0.29, 0.717) is 46.0 Å². The molecule has 18 heteroatoms. The molecule has 2 amide bonds. The number of benzene rings is 2. The number of aryl methyl sites for hydroxylation is 1. The number of carbonyl (C=O) groups excluding carboxylic acids is 2. The number of aromatic hydroxyl groups is 1. The first kappa shape index (κ1) is 49.5. The van der Waals surface area contributed by atoms with E-state index >= 15 is 0 Å². The summed E-state index contributed by atoms with van der Waals surface area (Å²) in [4.78, 5) is 39.9. The van der Waals surface area contributed by atoms with Gasteiger partial charge in [-0.3, -0.25) is 14.3 Å². The van der Waals surface area contributed by atoms with E-state index in [-0.39, 0.29) is 55.1 Å². The van der Waals surface area contributed by atoms with Gasteiger partial charge in [-0.25, -0.2) is 4.98 Å². The van der Waals surface area contributed by atoms with Crippen molar-refractivity contribution >= 4 is 52.2 Å². The smallest absolute Gasteiger partial charge is 0.243 e. The SMILES string of the molecule is Cc1ncsc1-c1ccc([C@H](C)NC(=O)[C@@H]2C[C@@H](O)CN2C(=O)C(c2cc(N3CCC(CN4CCC(n5nc(NCC(C)(C)O)c(N)c5/C=C(\N)c5ccccc5O)CC4)CC3)no2)C(C)C)cc1. The molecule has 3 fully saturated rings. The number of nitrogens with two attached hydrogens (primary N) is 2. The van der Waals surface area contributed by atoms with Crippen LogP contribution in [0.2, 0.25) is 0 Å². The van der Waals surface area contributed by atoms with Crippen molar-refractivity contribution in [1.82, 2.24) is 35.0 Å². The van der Waals surface area contributed by atoms with Crippen molar-refractivity contribution in [3.05, 3.63) is 88.4 Å². The highest BCUT2D eigenvalue weighted by Crippen LogP contribution is 2.37. The van der Waals surface area contributed by atoms with Crippen LogP contribution < -0.4 is 27.0 Å². The van der Waals surface area contributed by atoms with Crippen molar-refractivity contribution in [2.45, 2.75) is 109 Å². The zero-order valence-electron chi connectivity index (χ0n) is 40.6. The summed E-state index contributed by atoms with van der Waals surface area (Å²) >= 11 is 1.59. The molecule has 3 aliphatic heterocycles. The third kappa shape index (κ3) is 11.4. The number of rotatable bonds is 16. The van der Waals surface area contributed by atoms with E-state index in [1.54, 1.807) is 49.5 Å². The van der Waals surface area contributed by atoms with E-state index < -0.39 is 23.7 Å². The van der Waals surface area contributed by atoms with Gasteiger partial charge in [0.2, 0.25) is 11.8 Å². The summed E-state index contributed by atoms with van der Waals surface area (Å²) in [5.74, 6) is 0.842. The van der Waals surface area contributed by atoms with E-state index in [9.17, 15) is 24.9 Å². The van der Waals surface area contributed by atoms with E-state index in [4.69, 9.17) is 21.1 Å². The molecule has 8 rings (SSSR count). The maximum atomic E-state index is 14.4. The van der Waals surface area contributed by atoms with Crippen LogP contribution in [0.1, 0.15) is 113 Å². The Hall–Kier alpha value is -5.95. The maximum Gasteiger partial charge on any atom is 0.243 e. The number of aliphatic hydroxyl groups is 2. The highest BCUT2D eigenvalue weighted by Gasteiger charge is 2.44. The number of nitrogens with one attached hydrogen (secondary N) is 2. The number of hydrogen-bond donors (Lipinski definition) is 7. The first-order valence-corrected chi connectivity index (χ1v) is 25.1. The van der Waals surface area contributed by atoms with Crippen LogP contribution in [-0.2, 0) is 9.59 Å². The molecule has 4 atom stereocenters. The van der Waals surface area contributed by atoms with Gasteiger partial charge in [0, 0.05) is 69.6 Å². The summed E-state index contributed by atoms with van der Waals surface area (Å²) in [6.07, 6.45) is 4.81. The molecule has 1 unspecified atom stereocenters. The van der Waals surface area contributed by atoms with Crippen LogP contribution in [0, 0.1) is 18.8 Å². The van der Waals surface area contributed by atoms with Crippen LogP contribution in [-0.4, -0.2) is 120 Å². The van der Waals surface area contributed by atoms with Crippen molar-refractivity contribution in [1.29, 1.82) is 0 Å². The Bertz CT molecular complexity index is 2580. The molecule has 9 N–H and O–H groups in total. The molecule has 0 radical (unpaired) electrons. The van der Waals surface area contributed by atoms with Gasteiger partial charge in [0.1, 0.15) is 23.4 Å². The fraction of sp³-hybridized carbons (Fsp3) is 0.510. The molecule has 370 valence electrons. The Kier molecular flexibility index (Phi) is 15.0. The number of likely N-dealkylation sites (tertiary alicyclic amines) is 2. The van der Waals surface area contributed by atoms with Gasteiger partial charge in [-0.2, -0.15) is 5.10 Å². The molecular weight excluding hydrogens is 895 g/mol. The molecule has 3 saturated heterocycles. The highest BCUT2D eigenvalue weighted by atomic mass is 32.1. The number of β-amino-alcohol motifs (C(OH)–C–C–N with tert-alkyl or cyclic N) is 1. The molecule has 2 aromatic carbocycles. The van der Waals surface area contributed by atoms with Gasteiger partial charge < -0.3 is 56.6 Å². The normalized spacial score (nSPS) is 19.9.